The van der Waals surface area contributed by atoms with Crippen LogP contribution in [-0.2, 0) is 11.4 Å². The fraction of sp³-hybridized carbons (Fsp3) is 0.167. The van der Waals surface area contributed by atoms with Gasteiger partial charge in [-0.05, 0) is 65.1 Å². The summed E-state index contributed by atoms with van der Waals surface area (Å²) in [6.07, 6.45) is -0.143. The van der Waals surface area contributed by atoms with Gasteiger partial charge >= 0.3 is 5.97 Å². The number of hydrogen-bond acceptors (Lipinski definition) is 3. The van der Waals surface area contributed by atoms with Crippen LogP contribution in [0, 0.1) is 6.92 Å². The Labute approximate surface area is 179 Å². The van der Waals surface area contributed by atoms with Crippen LogP contribution in [0.4, 0.5) is 0 Å². The number of amides is 1. The average Bonchev–Trinajstić information content (AvgIpc) is 3.01. The van der Waals surface area contributed by atoms with Crippen molar-refractivity contribution in [2.24, 2.45) is 0 Å². The Morgan fingerprint density at radius 3 is 2.70 bits per heavy atom. The van der Waals surface area contributed by atoms with Crippen molar-refractivity contribution in [3.8, 4) is 16.9 Å². The summed E-state index contributed by atoms with van der Waals surface area (Å²) in [7, 11) is 0. The maximum absolute atomic E-state index is 12.2. The summed E-state index contributed by atoms with van der Waals surface area (Å²) in [5.74, 6) is -0.667. The highest BCUT2D eigenvalue weighted by atomic mass is 35.5. The molecule has 0 spiro atoms. The number of aryl methyl sites for hydroxylation is 1. The van der Waals surface area contributed by atoms with Crippen LogP contribution in [0.25, 0.3) is 11.1 Å². The largest absolute Gasteiger partial charge is 0.489 e. The molecule has 6 heteroatoms. The predicted octanol–water partition coefficient (Wildman–Crippen LogP) is 5.15. The Kier molecular flexibility index (Phi) is 5.46. The average molecular weight is 422 g/mol. The molecule has 2 N–H and O–H groups in total. The van der Waals surface area contributed by atoms with Crippen LogP contribution in [-0.4, -0.2) is 17.0 Å². The monoisotopic (exact) mass is 421 g/mol. The van der Waals surface area contributed by atoms with E-state index in [1.54, 1.807) is 18.2 Å². The number of nitrogens with one attached hydrogen (secondary N) is 1. The van der Waals surface area contributed by atoms with Gasteiger partial charge in [-0.2, -0.15) is 0 Å². The smallest absolute Gasteiger partial charge is 0.305 e. The van der Waals surface area contributed by atoms with E-state index in [0.29, 0.717) is 28.5 Å². The van der Waals surface area contributed by atoms with Crippen molar-refractivity contribution in [2.45, 2.75) is 26.0 Å². The molecule has 0 fully saturated rings. The van der Waals surface area contributed by atoms with E-state index in [4.69, 9.17) is 21.4 Å². The van der Waals surface area contributed by atoms with Crippen molar-refractivity contribution in [3.63, 3.8) is 0 Å². The van der Waals surface area contributed by atoms with E-state index < -0.39 is 12.0 Å². The molecule has 4 rings (SSSR count). The standard InChI is InChI=1S/C24H20ClNO4/c1-14-9-17(25)5-7-19(14)16-4-2-3-15(10-16)13-30-18-6-8-20-21(11-18)24(29)26-22(20)12-23(27)28/h2-11,22H,12-13H2,1H3,(H,26,29)(H,27,28)/t22-/m1/s1. The predicted molar refractivity (Wildman–Crippen MR) is 115 cm³/mol. The van der Waals surface area contributed by atoms with Gasteiger partial charge in [0.05, 0.1) is 12.5 Å². The molecule has 1 heterocycles. The number of rotatable bonds is 6. The van der Waals surface area contributed by atoms with Gasteiger partial charge in [0.1, 0.15) is 12.4 Å². The Balaban J connectivity index is 1.50. The molecule has 30 heavy (non-hydrogen) atoms. The van der Waals surface area contributed by atoms with Gasteiger partial charge in [-0.25, -0.2) is 0 Å². The summed E-state index contributed by atoms with van der Waals surface area (Å²) in [4.78, 5) is 23.2. The lowest BCUT2D eigenvalue weighted by Crippen LogP contribution is -2.21. The second kappa shape index (κ2) is 8.20. The topological polar surface area (TPSA) is 75.6 Å². The van der Waals surface area contributed by atoms with Gasteiger partial charge in [-0.3, -0.25) is 9.59 Å². The summed E-state index contributed by atoms with van der Waals surface area (Å²) < 4.78 is 5.90. The highest BCUT2D eigenvalue weighted by Crippen LogP contribution is 2.31. The molecule has 0 aliphatic carbocycles. The van der Waals surface area contributed by atoms with E-state index in [2.05, 4.69) is 11.4 Å². The number of ether oxygens (including phenoxy) is 1. The lowest BCUT2D eigenvalue weighted by Gasteiger charge is -2.11. The zero-order chi connectivity index (χ0) is 21.3. The van der Waals surface area contributed by atoms with E-state index in [-0.39, 0.29) is 12.3 Å². The summed E-state index contributed by atoms with van der Waals surface area (Å²) in [5.41, 5.74) is 5.44. The van der Waals surface area contributed by atoms with Gasteiger partial charge in [0.15, 0.2) is 0 Å². The highest BCUT2D eigenvalue weighted by molar-refractivity contribution is 6.30. The second-order valence-electron chi connectivity index (χ2n) is 7.32. The summed E-state index contributed by atoms with van der Waals surface area (Å²) in [5, 5.41) is 12.4. The van der Waals surface area contributed by atoms with Gasteiger partial charge < -0.3 is 15.2 Å². The van der Waals surface area contributed by atoms with Crippen molar-refractivity contribution >= 4 is 23.5 Å². The van der Waals surface area contributed by atoms with E-state index >= 15 is 0 Å². The van der Waals surface area contributed by atoms with Gasteiger partial charge in [0, 0.05) is 10.6 Å². The SMILES string of the molecule is Cc1cc(Cl)ccc1-c1cccc(COc2ccc3c(c2)C(=O)N[C@@H]3CC(=O)O)c1. The molecule has 0 saturated heterocycles. The lowest BCUT2D eigenvalue weighted by atomic mass is 9.99. The van der Waals surface area contributed by atoms with Crippen LogP contribution in [0.2, 0.25) is 5.02 Å². The molecular weight excluding hydrogens is 402 g/mol. The number of aliphatic carboxylic acids is 1. The Hall–Kier alpha value is -3.31. The zero-order valence-electron chi connectivity index (χ0n) is 16.3. The quantitative estimate of drug-likeness (QED) is 0.576. The summed E-state index contributed by atoms with van der Waals surface area (Å²) >= 11 is 6.06. The molecule has 3 aromatic carbocycles. The number of carboxylic acids is 1. The van der Waals surface area contributed by atoms with E-state index in [1.807, 2.05) is 43.3 Å². The third-order valence-electron chi connectivity index (χ3n) is 5.16. The minimum Gasteiger partial charge on any atom is -0.489 e. The van der Waals surface area contributed by atoms with Crippen LogP contribution in [0.5, 0.6) is 5.75 Å². The van der Waals surface area contributed by atoms with E-state index in [1.165, 1.54) is 0 Å². The number of hydrogen-bond donors (Lipinski definition) is 2. The lowest BCUT2D eigenvalue weighted by molar-refractivity contribution is -0.137. The summed E-state index contributed by atoms with van der Waals surface area (Å²) in [6.45, 7) is 2.37. The van der Waals surface area contributed by atoms with Crippen LogP contribution in [0.3, 0.4) is 0 Å². The molecule has 1 amide bonds. The van der Waals surface area contributed by atoms with E-state index in [9.17, 15) is 9.59 Å². The molecule has 0 saturated carbocycles. The third kappa shape index (κ3) is 4.16. The highest BCUT2D eigenvalue weighted by Gasteiger charge is 2.30. The molecule has 3 aromatic rings. The fourth-order valence-corrected chi connectivity index (χ4v) is 3.95. The fourth-order valence-electron chi connectivity index (χ4n) is 3.72. The number of benzene rings is 3. The second-order valence-corrected chi connectivity index (χ2v) is 7.76. The third-order valence-corrected chi connectivity index (χ3v) is 5.40. The van der Waals surface area contributed by atoms with Gasteiger partial charge in [0.2, 0.25) is 0 Å². The maximum atomic E-state index is 12.2. The van der Waals surface area contributed by atoms with Gasteiger partial charge in [0.25, 0.3) is 5.91 Å². The minimum atomic E-state index is -0.954. The maximum Gasteiger partial charge on any atom is 0.305 e. The first kappa shape index (κ1) is 20.0. The number of fused-ring (bicyclic) bond motifs is 1. The van der Waals surface area contributed by atoms with Crippen molar-refractivity contribution in [2.75, 3.05) is 0 Å². The van der Waals surface area contributed by atoms with Gasteiger partial charge in [-0.15, -0.1) is 0 Å². The molecule has 152 valence electrons. The first-order valence-corrected chi connectivity index (χ1v) is 9.93. The van der Waals surface area contributed by atoms with Gasteiger partial charge in [-0.1, -0.05) is 41.9 Å². The van der Waals surface area contributed by atoms with Crippen molar-refractivity contribution in [3.05, 3.63) is 87.9 Å². The Bertz CT molecular complexity index is 1140. The molecule has 1 aliphatic rings. The molecule has 0 bridgehead atoms. The Morgan fingerprint density at radius 2 is 1.93 bits per heavy atom. The molecular formula is C24H20ClNO4. The first-order chi connectivity index (χ1) is 14.4. The zero-order valence-corrected chi connectivity index (χ0v) is 17.1. The Morgan fingerprint density at radius 1 is 1.10 bits per heavy atom. The molecule has 0 unspecified atom stereocenters. The van der Waals surface area contributed by atoms with Crippen molar-refractivity contribution < 1.29 is 19.4 Å². The summed E-state index contributed by atoms with van der Waals surface area (Å²) in [6, 6.07) is 18.6. The molecule has 5 nitrogen and oxygen atoms in total. The minimum absolute atomic E-state index is 0.143. The van der Waals surface area contributed by atoms with Crippen LogP contribution in [0.1, 0.15) is 39.5 Å². The molecule has 1 aliphatic heterocycles. The van der Waals surface area contributed by atoms with Crippen LogP contribution in [0.15, 0.2) is 60.7 Å². The number of halogens is 1. The first-order valence-electron chi connectivity index (χ1n) is 9.55. The molecule has 0 aromatic heterocycles. The van der Waals surface area contributed by atoms with Crippen molar-refractivity contribution in [1.29, 1.82) is 0 Å². The molecule has 1 atom stereocenters. The van der Waals surface area contributed by atoms with Crippen LogP contribution >= 0.6 is 11.6 Å². The number of carbonyl (C=O) groups excluding carboxylic acids is 1. The normalized spacial score (nSPS) is 14.9. The van der Waals surface area contributed by atoms with Crippen molar-refractivity contribution in [1.82, 2.24) is 5.32 Å². The number of carboxylic acid groups (broad SMARTS) is 1. The van der Waals surface area contributed by atoms with E-state index in [0.717, 1.165) is 22.3 Å². The van der Waals surface area contributed by atoms with Crippen LogP contribution < -0.4 is 10.1 Å². The molecule has 0 radical (unpaired) electrons. The number of carbonyl (C=O) groups is 2.